The molecule has 4 N–H and O–H groups in total. The van der Waals surface area contributed by atoms with Crippen molar-refractivity contribution in [3.63, 3.8) is 0 Å². The van der Waals surface area contributed by atoms with Gasteiger partial charge in [-0.05, 0) is 24.1 Å². The van der Waals surface area contributed by atoms with E-state index in [0.29, 0.717) is 0 Å². The van der Waals surface area contributed by atoms with Gasteiger partial charge in [-0.15, -0.1) is 0 Å². The molecule has 0 aliphatic carbocycles. The molecule has 13 heavy (non-hydrogen) atoms. The Morgan fingerprint density at radius 2 is 2.00 bits per heavy atom. The normalized spacial score (nSPS) is 10.6. The van der Waals surface area contributed by atoms with E-state index in [2.05, 4.69) is 12.0 Å². The average Bonchev–Trinajstić information content (AvgIpc) is 2.18. The van der Waals surface area contributed by atoms with E-state index in [0.717, 1.165) is 12.1 Å². The molecule has 4 nitrogen and oxygen atoms in total. The summed E-state index contributed by atoms with van der Waals surface area (Å²) in [6.07, 6.45) is 2.39. The van der Waals surface area contributed by atoms with Gasteiger partial charge in [-0.2, -0.15) is 5.10 Å². The number of aryl methyl sites for hydroxylation is 1. The standard InChI is InChI=1S/C9H14N4/c1-2-8-3-5-9(6-4-8)13(11)7-12-10/h3-7H,2,10-11H2,1H3/b12-7-. The van der Waals surface area contributed by atoms with E-state index < -0.39 is 0 Å². The zero-order chi connectivity index (χ0) is 9.68. The van der Waals surface area contributed by atoms with Gasteiger partial charge in [-0.25, -0.2) is 5.84 Å². The van der Waals surface area contributed by atoms with Crippen molar-refractivity contribution in [2.24, 2.45) is 16.8 Å². The smallest absolute Gasteiger partial charge is 0.129 e. The second kappa shape index (κ2) is 4.47. The number of anilines is 1. The SMILES string of the molecule is CCc1ccc(N(N)/C=N\N)cc1. The Labute approximate surface area is 77.8 Å². The zero-order valence-corrected chi connectivity index (χ0v) is 7.64. The first-order valence-corrected chi connectivity index (χ1v) is 4.14. The van der Waals surface area contributed by atoms with Crippen LogP contribution < -0.4 is 16.7 Å². The van der Waals surface area contributed by atoms with Crippen LogP contribution in [0, 0.1) is 0 Å². The fraction of sp³-hybridized carbons (Fsp3) is 0.222. The van der Waals surface area contributed by atoms with Crippen molar-refractivity contribution < 1.29 is 0 Å². The summed E-state index contributed by atoms with van der Waals surface area (Å²) in [5.74, 6) is 10.6. The van der Waals surface area contributed by atoms with Crippen LogP contribution in [-0.2, 0) is 6.42 Å². The van der Waals surface area contributed by atoms with Crippen LogP contribution in [0.5, 0.6) is 0 Å². The zero-order valence-electron chi connectivity index (χ0n) is 7.64. The van der Waals surface area contributed by atoms with E-state index in [4.69, 9.17) is 11.7 Å². The second-order valence-corrected chi connectivity index (χ2v) is 2.69. The lowest BCUT2D eigenvalue weighted by atomic mass is 10.1. The molecule has 1 rings (SSSR count). The lowest BCUT2D eigenvalue weighted by Gasteiger charge is -2.11. The highest BCUT2D eigenvalue weighted by atomic mass is 15.4. The number of hydrogen-bond acceptors (Lipinski definition) is 3. The summed E-state index contributed by atoms with van der Waals surface area (Å²) in [6, 6.07) is 7.92. The summed E-state index contributed by atoms with van der Waals surface area (Å²) in [5, 5.41) is 4.70. The van der Waals surface area contributed by atoms with Gasteiger partial charge in [-0.3, -0.25) is 5.01 Å². The summed E-state index contributed by atoms with van der Waals surface area (Å²) >= 11 is 0. The Balaban J connectivity index is 2.79. The number of hydrazine groups is 1. The maximum absolute atomic E-state index is 5.60. The molecule has 1 aromatic carbocycles. The van der Waals surface area contributed by atoms with Crippen LogP contribution in [0.3, 0.4) is 0 Å². The lowest BCUT2D eigenvalue weighted by Crippen LogP contribution is -2.29. The van der Waals surface area contributed by atoms with Crippen LogP contribution in [0.25, 0.3) is 0 Å². The minimum atomic E-state index is 0.867. The van der Waals surface area contributed by atoms with Gasteiger partial charge in [0.25, 0.3) is 0 Å². The van der Waals surface area contributed by atoms with Crippen LogP contribution in [0.2, 0.25) is 0 Å². The predicted molar refractivity (Wildman–Crippen MR) is 55.2 cm³/mol. The molecule has 0 spiro atoms. The highest BCUT2D eigenvalue weighted by molar-refractivity contribution is 5.77. The molecule has 0 aliphatic heterocycles. The van der Waals surface area contributed by atoms with Gasteiger partial charge in [0.2, 0.25) is 0 Å². The molecule has 0 saturated heterocycles. The third-order valence-electron chi connectivity index (χ3n) is 1.83. The molecule has 0 atom stereocenters. The molecule has 0 aromatic heterocycles. The fourth-order valence-electron chi connectivity index (χ4n) is 1.04. The van der Waals surface area contributed by atoms with Crippen molar-refractivity contribution in [2.75, 3.05) is 5.01 Å². The van der Waals surface area contributed by atoms with Gasteiger partial charge in [0.05, 0.1) is 5.69 Å². The Hall–Kier alpha value is -1.55. The van der Waals surface area contributed by atoms with Crippen LogP contribution in [0.1, 0.15) is 12.5 Å². The molecule has 0 radical (unpaired) electrons. The van der Waals surface area contributed by atoms with Crippen LogP contribution in [0.15, 0.2) is 29.4 Å². The molecular formula is C9H14N4. The number of benzene rings is 1. The van der Waals surface area contributed by atoms with Crippen LogP contribution in [0.4, 0.5) is 5.69 Å². The number of nitrogens with two attached hydrogens (primary N) is 2. The summed E-state index contributed by atoms with van der Waals surface area (Å²) < 4.78 is 0. The Morgan fingerprint density at radius 3 is 2.46 bits per heavy atom. The highest BCUT2D eigenvalue weighted by Gasteiger charge is 1.96. The predicted octanol–water partition coefficient (Wildman–Crippen LogP) is 0.831. The second-order valence-electron chi connectivity index (χ2n) is 2.69. The van der Waals surface area contributed by atoms with Gasteiger partial charge in [0, 0.05) is 0 Å². The minimum absolute atomic E-state index is 0.867. The van der Waals surface area contributed by atoms with Gasteiger partial charge in [0.15, 0.2) is 0 Å². The summed E-state index contributed by atoms with van der Waals surface area (Å²) in [4.78, 5) is 0. The van der Waals surface area contributed by atoms with E-state index >= 15 is 0 Å². The van der Waals surface area contributed by atoms with Gasteiger partial charge in [0.1, 0.15) is 6.34 Å². The average molecular weight is 178 g/mol. The van der Waals surface area contributed by atoms with E-state index in [-0.39, 0.29) is 0 Å². The van der Waals surface area contributed by atoms with E-state index in [1.165, 1.54) is 16.9 Å². The number of hydrogen-bond donors (Lipinski definition) is 2. The summed E-state index contributed by atoms with van der Waals surface area (Å²) in [5.41, 5.74) is 2.15. The molecule has 4 heteroatoms. The number of hydrazone groups is 1. The monoisotopic (exact) mass is 178 g/mol. The molecule has 0 bridgehead atoms. The molecule has 0 unspecified atom stereocenters. The van der Waals surface area contributed by atoms with Crippen LogP contribution in [-0.4, -0.2) is 6.34 Å². The quantitative estimate of drug-likeness (QED) is 0.312. The molecule has 70 valence electrons. The van der Waals surface area contributed by atoms with E-state index in [1.54, 1.807) is 0 Å². The molecule has 0 heterocycles. The third-order valence-corrected chi connectivity index (χ3v) is 1.83. The fourth-order valence-corrected chi connectivity index (χ4v) is 1.04. The number of nitrogens with zero attached hydrogens (tertiary/aromatic N) is 2. The van der Waals surface area contributed by atoms with Crippen molar-refractivity contribution >= 4 is 12.0 Å². The first-order valence-electron chi connectivity index (χ1n) is 4.14. The molecule has 0 saturated carbocycles. The molecular weight excluding hydrogens is 164 g/mol. The number of rotatable bonds is 3. The van der Waals surface area contributed by atoms with Gasteiger partial charge < -0.3 is 5.84 Å². The highest BCUT2D eigenvalue weighted by Crippen LogP contribution is 2.11. The summed E-state index contributed by atoms with van der Waals surface area (Å²) in [6.45, 7) is 2.11. The molecule has 0 fully saturated rings. The molecule has 0 aliphatic rings. The Bertz CT molecular complexity index is 278. The van der Waals surface area contributed by atoms with Gasteiger partial charge in [-0.1, -0.05) is 19.1 Å². The maximum atomic E-state index is 5.60. The first-order chi connectivity index (χ1) is 6.27. The molecule has 0 amide bonds. The van der Waals surface area contributed by atoms with Crippen molar-refractivity contribution in [2.45, 2.75) is 13.3 Å². The first kappa shape index (κ1) is 9.54. The minimum Gasteiger partial charge on any atom is -0.322 e. The van der Waals surface area contributed by atoms with E-state index in [9.17, 15) is 0 Å². The topological polar surface area (TPSA) is 67.6 Å². The van der Waals surface area contributed by atoms with E-state index in [1.807, 2.05) is 24.3 Å². The van der Waals surface area contributed by atoms with Gasteiger partial charge >= 0.3 is 0 Å². The third kappa shape index (κ3) is 2.45. The molecule has 1 aromatic rings. The lowest BCUT2D eigenvalue weighted by molar-refractivity contribution is 1.10. The van der Waals surface area contributed by atoms with Crippen molar-refractivity contribution in [1.29, 1.82) is 0 Å². The largest absolute Gasteiger partial charge is 0.322 e. The van der Waals surface area contributed by atoms with Crippen molar-refractivity contribution in [1.82, 2.24) is 0 Å². The Kier molecular flexibility index (Phi) is 3.28. The Morgan fingerprint density at radius 1 is 1.38 bits per heavy atom. The van der Waals surface area contributed by atoms with Crippen molar-refractivity contribution in [3.8, 4) is 0 Å². The summed E-state index contributed by atoms with van der Waals surface area (Å²) in [7, 11) is 0. The van der Waals surface area contributed by atoms with Crippen molar-refractivity contribution in [3.05, 3.63) is 29.8 Å². The van der Waals surface area contributed by atoms with Crippen LogP contribution >= 0.6 is 0 Å². The maximum Gasteiger partial charge on any atom is 0.129 e.